The average molecular weight is 280 g/mol. The van der Waals surface area contributed by atoms with Gasteiger partial charge in [-0.2, -0.15) is 0 Å². The van der Waals surface area contributed by atoms with Gasteiger partial charge in [-0.05, 0) is 23.9 Å². The van der Waals surface area contributed by atoms with Crippen LogP contribution in [0.15, 0.2) is 17.5 Å². The quantitative estimate of drug-likeness (QED) is 0.435. The number of thiophene rings is 2. The van der Waals surface area contributed by atoms with Crippen LogP contribution in [0, 0.1) is 0 Å². The van der Waals surface area contributed by atoms with Crippen molar-refractivity contribution >= 4 is 37.9 Å². The lowest BCUT2D eigenvalue weighted by molar-refractivity contribution is 0.0983. The Morgan fingerprint density at radius 1 is 1.11 bits per heavy atom. The van der Waals surface area contributed by atoms with E-state index in [1.54, 1.807) is 22.7 Å². The first-order valence-corrected chi connectivity index (χ1v) is 8.51. The van der Waals surface area contributed by atoms with Gasteiger partial charge >= 0.3 is 0 Å². The molecule has 0 unspecified atom stereocenters. The molecule has 0 atom stereocenters. The number of hydrogen-bond acceptors (Lipinski definition) is 3. The van der Waals surface area contributed by atoms with Crippen molar-refractivity contribution in [2.24, 2.45) is 0 Å². The van der Waals surface area contributed by atoms with Crippen molar-refractivity contribution in [2.45, 2.75) is 51.9 Å². The van der Waals surface area contributed by atoms with Gasteiger partial charge in [0.1, 0.15) is 0 Å². The minimum absolute atomic E-state index is 0.332. The second-order valence-electron chi connectivity index (χ2n) is 4.70. The Labute approximate surface area is 117 Å². The minimum Gasteiger partial charge on any atom is -0.293 e. The highest BCUT2D eigenvalue weighted by Gasteiger charge is 2.10. The van der Waals surface area contributed by atoms with E-state index in [1.807, 2.05) is 0 Å². The Hall–Kier alpha value is -0.670. The largest absolute Gasteiger partial charge is 0.293 e. The van der Waals surface area contributed by atoms with Crippen LogP contribution in [0.5, 0.6) is 0 Å². The van der Waals surface area contributed by atoms with E-state index in [4.69, 9.17) is 0 Å². The molecule has 0 aliphatic heterocycles. The molecule has 0 aliphatic carbocycles. The molecule has 2 aromatic rings. The van der Waals surface area contributed by atoms with Crippen molar-refractivity contribution < 1.29 is 4.79 Å². The lowest BCUT2D eigenvalue weighted by Gasteiger charge is -1.99. The van der Waals surface area contributed by atoms with Crippen LogP contribution in [-0.2, 0) is 0 Å². The number of carbonyl (C=O) groups excluding carboxylic acids is 1. The standard InChI is InChI=1S/C15H20OS2/c1-2-3-4-5-6-7-8-12(16)14-11-15-13(18-14)9-10-17-15/h9-11H,2-8H2,1H3. The Morgan fingerprint density at radius 2 is 1.89 bits per heavy atom. The summed E-state index contributed by atoms with van der Waals surface area (Å²) in [6.45, 7) is 2.23. The molecule has 3 heteroatoms. The summed E-state index contributed by atoms with van der Waals surface area (Å²) in [6, 6.07) is 4.16. The fourth-order valence-electron chi connectivity index (χ4n) is 2.09. The Bertz CT molecular complexity index is 467. The maximum atomic E-state index is 12.0. The van der Waals surface area contributed by atoms with Gasteiger partial charge in [0.2, 0.25) is 0 Å². The van der Waals surface area contributed by atoms with Gasteiger partial charge in [0.25, 0.3) is 0 Å². The van der Waals surface area contributed by atoms with E-state index in [-0.39, 0.29) is 0 Å². The van der Waals surface area contributed by atoms with E-state index in [1.165, 1.54) is 41.5 Å². The van der Waals surface area contributed by atoms with Gasteiger partial charge in [-0.1, -0.05) is 39.0 Å². The third kappa shape index (κ3) is 3.66. The molecule has 0 saturated heterocycles. The number of carbonyl (C=O) groups is 1. The summed E-state index contributed by atoms with van der Waals surface area (Å²) in [5, 5.41) is 2.09. The summed E-state index contributed by atoms with van der Waals surface area (Å²) in [5.74, 6) is 0.332. The first-order chi connectivity index (χ1) is 8.81. The highest BCUT2D eigenvalue weighted by Crippen LogP contribution is 2.30. The van der Waals surface area contributed by atoms with Gasteiger partial charge in [-0.15, -0.1) is 22.7 Å². The van der Waals surface area contributed by atoms with Crippen LogP contribution < -0.4 is 0 Å². The lowest BCUT2D eigenvalue weighted by atomic mass is 10.1. The molecule has 2 heterocycles. The molecule has 0 amide bonds. The average Bonchev–Trinajstić information content (AvgIpc) is 2.93. The fraction of sp³-hybridized carbons (Fsp3) is 0.533. The molecule has 98 valence electrons. The minimum atomic E-state index is 0.332. The monoisotopic (exact) mass is 280 g/mol. The smallest absolute Gasteiger partial charge is 0.172 e. The van der Waals surface area contributed by atoms with Crippen LogP contribution in [0.2, 0.25) is 0 Å². The summed E-state index contributed by atoms with van der Waals surface area (Å²) in [7, 11) is 0. The molecule has 0 saturated carbocycles. The van der Waals surface area contributed by atoms with Gasteiger partial charge < -0.3 is 0 Å². The summed E-state index contributed by atoms with van der Waals surface area (Å²) >= 11 is 3.37. The zero-order chi connectivity index (χ0) is 12.8. The Balaban J connectivity index is 1.73. The topological polar surface area (TPSA) is 17.1 Å². The second kappa shape index (κ2) is 7.05. The number of ketones is 1. The molecular weight excluding hydrogens is 260 g/mol. The molecule has 0 aromatic carbocycles. The van der Waals surface area contributed by atoms with Crippen molar-refractivity contribution in [2.75, 3.05) is 0 Å². The molecule has 18 heavy (non-hydrogen) atoms. The maximum absolute atomic E-state index is 12.0. The summed E-state index contributed by atoms with van der Waals surface area (Å²) in [5.41, 5.74) is 0. The van der Waals surface area contributed by atoms with Gasteiger partial charge in [-0.25, -0.2) is 0 Å². The van der Waals surface area contributed by atoms with Crippen molar-refractivity contribution in [3.8, 4) is 0 Å². The summed E-state index contributed by atoms with van der Waals surface area (Å²) in [4.78, 5) is 13.0. The molecule has 0 radical (unpaired) electrons. The van der Waals surface area contributed by atoms with Crippen molar-refractivity contribution in [3.05, 3.63) is 22.4 Å². The van der Waals surface area contributed by atoms with Gasteiger partial charge in [-0.3, -0.25) is 4.79 Å². The molecule has 0 bridgehead atoms. The normalized spacial score (nSPS) is 11.2. The fourth-order valence-corrected chi connectivity index (χ4v) is 4.17. The van der Waals surface area contributed by atoms with E-state index < -0.39 is 0 Å². The van der Waals surface area contributed by atoms with E-state index in [2.05, 4.69) is 24.4 Å². The second-order valence-corrected chi connectivity index (χ2v) is 6.73. The van der Waals surface area contributed by atoms with Gasteiger partial charge in [0, 0.05) is 15.8 Å². The number of rotatable bonds is 8. The number of fused-ring (bicyclic) bond motifs is 1. The molecule has 0 fully saturated rings. The number of Topliss-reactive ketones (excluding diaryl/α,β-unsaturated/α-hetero) is 1. The Kier molecular flexibility index (Phi) is 5.39. The zero-order valence-corrected chi connectivity index (χ0v) is 12.5. The third-order valence-corrected chi connectivity index (χ3v) is 5.31. The molecule has 0 spiro atoms. The molecule has 2 aromatic heterocycles. The molecule has 0 aliphatic rings. The van der Waals surface area contributed by atoms with Gasteiger partial charge in [0.15, 0.2) is 5.78 Å². The van der Waals surface area contributed by atoms with Crippen LogP contribution >= 0.6 is 22.7 Å². The highest BCUT2D eigenvalue weighted by atomic mass is 32.1. The van der Waals surface area contributed by atoms with Crippen LogP contribution in [0.3, 0.4) is 0 Å². The summed E-state index contributed by atoms with van der Waals surface area (Å²) < 4.78 is 2.51. The first kappa shape index (κ1) is 13.8. The van der Waals surface area contributed by atoms with Crippen molar-refractivity contribution in [1.82, 2.24) is 0 Å². The third-order valence-electron chi connectivity index (χ3n) is 3.17. The molecule has 2 rings (SSSR count). The van der Waals surface area contributed by atoms with Gasteiger partial charge in [0.05, 0.1) is 4.88 Å². The SMILES string of the molecule is CCCCCCCCC(=O)c1cc2sccc2s1. The van der Waals surface area contributed by atoms with Crippen molar-refractivity contribution in [3.63, 3.8) is 0 Å². The lowest BCUT2D eigenvalue weighted by Crippen LogP contribution is -1.95. The van der Waals surface area contributed by atoms with Crippen LogP contribution in [-0.4, -0.2) is 5.78 Å². The van der Waals surface area contributed by atoms with Crippen LogP contribution in [0.25, 0.3) is 9.40 Å². The van der Waals surface area contributed by atoms with E-state index in [0.717, 1.165) is 17.7 Å². The molecule has 0 N–H and O–H groups in total. The molecule has 1 nitrogen and oxygen atoms in total. The van der Waals surface area contributed by atoms with Crippen LogP contribution in [0.1, 0.15) is 61.5 Å². The number of hydrogen-bond donors (Lipinski definition) is 0. The molecular formula is C15H20OS2. The zero-order valence-electron chi connectivity index (χ0n) is 10.9. The predicted octanol–water partition coefficient (Wildman–Crippen LogP) is 5.90. The number of unbranched alkanes of at least 4 members (excludes halogenated alkanes) is 5. The van der Waals surface area contributed by atoms with Crippen LogP contribution in [0.4, 0.5) is 0 Å². The van der Waals surface area contributed by atoms with E-state index in [9.17, 15) is 4.79 Å². The van der Waals surface area contributed by atoms with E-state index >= 15 is 0 Å². The van der Waals surface area contributed by atoms with Crippen molar-refractivity contribution in [1.29, 1.82) is 0 Å². The van der Waals surface area contributed by atoms with E-state index in [0.29, 0.717) is 5.78 Å². The Morgan fingerprint density at radius 3 is 2.67 bits per heavy atom. The highest BCUT2D eigenvalue weighted by molar-refractivity contribution is 7.27. The predicted molar refractivity (Wildman–Crippen MR) is 82.0 cm³/mol. The summed E-state index contributed by atoms with van der Waals surface area (Å²) in [6.07, 6.45) is 8.18. The first-order valence-electron chi connectivity index (χ1n) is 6.81. The maximum Gasteiger partial charge on any atom is 0.172 e.